The molecule has 1 amide bonds. The fraction of sp³-hybridized carbons (Fsp3) is 0.714. The lowest BCUT2D eigenvalue weighted by Gasteiger charge is -2.43. The Morgan fingerprint density at radius 2 is 2.35 bits per heavy atom. The number of carbonyl (C=O) groups is 1. The van der Waals surface area contributed by atoms with Gasteiger partial charge in [0.05, 0.1) is 25.6 Å². The Hall–Kier alpha value is -1.40. The van der Waals surface area contributed by atoms with Crippen LogP contribution in [0, 0.1) is 0 Å². The molecular weight excluding hydrogens is 258 g/mol. The molecule has 2 atom stereocenters. The molecule has 20 heavy (non-hydrogen) atoms. The molecule has 0 radical (unpaired) electrons. The van der Waals surface area contributed by atoms with Gasteiger partial charge >= 0.3 is 0 Å². The van der Waals surface area contributed by atoms with Crippen molar-refractivity contribution in [3.05, 3.63) is 18.7 Å². The van der Waals surface area contributed by atoms with Gasteiger partial charge in [-0.15, -0.1) is 0 Å². The van der Waals surface area contributed by atoms with Crippen LogP contribution in [-0.4, -0.2) is 58.9 Å². The number of ether oxygens (including phenoxy) is 2. The molecule has 2 fully saturated rings. The van der Waals surface area contributed by atoms with E-state index in [-0.39, 0.29) is 18.1 Å². The summed E-state index contributed by atoms with van der Waals surface area (Å²) in [6, 6.07) is 0.207. The number of aryl methyl sites for hydroxylation is 1. The standard InChI is InChI=1S/C14H21N3O3/c18-14(2-1-5-16-6-4-15-11-16)17-7-9-20-13-10-19-8-3-12(13)17/h4,6,11-13H,1-3,5,7-10H2/t12-,13+/m0/s1. The van der Waals surface area contributed by atoms with Crippen molar-refractivity contribution in [2.75, 3.05) is 26.4 Å². The van der Waals surface area contributed by atoms with Crippen LogP contribution >= 0.6 is 0 Å². The Morgan fingerprint density at radius 1 is 1.40 bits per heavy atom. The number of hydrogen-bond donors (Lipinski definition) is 0. The van der Waals surface area contributed by atoms with E-state index >= 15 is 0 Å². The van der Waals surface area contributed by atoms with Gasteiger partial charge in [-0.3, -0.25) is 4.79 Å². The van der Waals surface area contributed by atoms with Crippen LogP contribution in [0.2, 0.25) is 0 Å². The highest BCUT2D eigenvalue weighted by Crippen LogP contribution is 2.22. The molecule has 6 nitrogen and oxygen atoms in total. The van der Waals surface area contributed by atoms with Gasteiger partial charge < -0.3 is 18.9 Å². The van der Waals surface area contributed by atoms with Crippen LogP contribution < -0.4 is 0 Å². The van der Waals surface area contributed by atoms with E-state index in [9.17, 15) is 4.79 Å². The van der Waals surface area contributed by atoms with Crippen LogP contribution in [0.1, 0.15) is 19.3 Å². The maximum atomic E-state index is 12.4. The van der Waals surface area contributed by atoms with Crippen LogP contribution in [-0.2, 0) is 20.8 Å². The summed E-state index contributed by atoms with van der Waals surface area (Å²) in [5.41, 5.74) is 0. The molecule has 0 bridgehead atoms. The first-order valence-corrected chi connectivity index (χ1v) is 7.29. The summed E-state index contributed by atoms with van der Waals surface area (Å²) in [5, 5.41) is 0. The van der Waals surface area contributed by atoms with E-state index in [1.807, 2.05) is 15.7 Å². The average molecular weight is 279 g/mol. The molecule has 0 spiro atoms. The number of amides is 1. The van der Waals surface area contributed by atoms with Crippen LogP contribution in [0.5, 0.6) is 0 Å². The second kappa shape index (κ2) is 6.37. The third-order valence-electron chi connectivity index (χ3n) is 4.02. The van der Waals surface area contributed by atoms with Crippen LogP contribution in [0.25, 0.3) is 0 Å². The Balaban J connectivity index is 1.50. The van der Waals surface area contributed by atoms with Gasteiger partial charge in [0, 0.05) is 38.5 Å². The molecule has 3 heterocycles. The van der Waals surface area contributed by atoms with Gasteiger partial charge in [-0.25, -0.2) is 4.98 Å². The summed E-state index contributed by atoms with van der Waals surface area (Å²) in [4.78, 5) is 18.4. The smallest absolute Gasteiger partial charge is 0.223 e. The van der Waals surface area contributed by atoms with Crippen molar-refractivity contribution < 1.29 is 14.3 Å². The minimum absolute atomic E-state index is 0.0649. The highest BCUT2D eigenvalue weighted by Gasteiger charge is 2.36. The average Bonchev–Trinajstić information content (AvgIpc) is 3.00. The molecule has 1 aromatic heterocycles. The summed E-state index contributed by atoms with van der Waals surface area (Å²) < 4.78 is 13.1. The molecule has 1 aromatic rings. The van der Waals surface area contributed by atoms with E-state index < -0.39 is 0 Å². The minimum atomic E-state index is 0.0649. The van der Waals surface area contributed by atoms with Crippen molar-refractivity contribution in [1.29, 1.82) is 0 Å². The number of carbonyl (C=O) groups excluding carboxylic acids is 1. The quantitative estimate of drug-likeness (QED) is 0.813. The third kappa shape index (κ3) is 3.02. The van der Waals surface area contributed by atoms with E-state index in [1.165, 1.54) is 0 Å². The lowest BCUT2D eigenvalue weighted by atomic mass is 10.0. The summed E-state index contributed by atoms with van der Waals surface area (Å²) in [6.07, 6.45) is 7.86. The van der Waals surface area contributed by atoms with Crippen molar-refractivity contribution in [2.45, 2.75) is 38.0 Å². The predicted octanol–water partition coefficient (Wildman–Crippen LogP) is 0.680. The number of nitrogens with zero attached hydrogens (tertiary/aromatic N) is 3. The van der Waals surface area contributed by atoms with Gasteiger partial charge in [-0.1, -0.05) is 0 Å². The van der Waals surface area contributed by atoms with E-state index in [4.69, 9.17) is 9.47 Å². The van der Waals surface area contributed by atoms with Gasteiger partial charge in [-0.2, -0.15) is 0 Å². The molecule has 0 N–H and O–H groups in total. The zero-order chi connectivity index (χ0) is 13.8. The fourth-order valence-corrected chi connectivity index (χ4v) is 2.97. The van der Waals surface area contributed by atoms with E-state index in [0.717, 1.165) is 26.0 Å². The highest BCUT2D eigenvalue weighted by atomic mass is 16.5. The SMILES string of the molecule is O=C(CCCn1ccnc1)N1CCO[C@@H]2COCC[C@@H]21. The first kappa shape index (κ1) is 13.6. The Labute approximate surface area is 118 Å². The summed E-state index contributed by atoms with van der Waals surface area (Å²) in [5.74, 6) is 0.241. The number of aromatic nitrogens is 2. The van der Waals surface area contributed by atoms with Gasteiger partial charge in [-0.05, 0) is 12.8 Å². The second-order valence-corrected chi connectivity index (χ2v) is 5.33. The van der Waals surface area contributed by atoms with Gasteiger partial charge in [0.1, 0.15) is 6.10 Å². The molecule has 6 heteroatoms. The van der Waals surface area contributed by atoms with Crippen molar-refractivity contribution in [3.63, 3.8) is 0 Å². The van der Waals surface area contributed by atoms with E-state index in [2.05, 4.69) is 4.98 Å². The molecule has 0 unspecified atom stereocenters. The molecule has 110 valence electrons. The van der Waals surface area contributed by atoms with Crippen molar-refractivity contribution in [1.82, 2.24) is 14.5 Å². The fourth-order valence-electron chi connectivity index (χ4n) is 2.97. The van der Waals surface area contributed by atoms with Gasteiger partial charge in [0.25, 0.3) is 0 Å². The number of imidazole rings is 1. The summed E-state index contributed by atoms with van der Waals surface area (Å²) in [6.45, 7) is 3.52. The Bertz CT molecular complexity index is 433. The van der Waals surface area contributed by atoms with Gasteiger partial charge in [0.15, 0.2) is 0 Å². The molecule has 0 aromatic carbocycles. The van der Waals surface area contributed by atoms with E-state index in [0.29, 0.717) is 26.2 Å². The highest BCUT2D eigenvalue weighted by molar-refractivity contribution is 5.76. The van der Waals surface area contributed by atoms with Crippen molar-refractivity contribution in [2.24, 2.45) is 0 Å². The molecular formula is C14H21N3O3. The monoisotopic (exact) mass is 279 g/mol. The topological polar surface area (TPSA) is 56.6 Å². The zero-order valence-corrected chi connectivity index (χ0v) is 11.6. The normalized spacial score (nSPS) is 26.3. The third-order valence-corrected chi connectivity index (χ3v) is 4.02. The number of fused-ring (bicyclic) bond motifs is 1. The maximum Gasteiger partial charge on any atom is 0.223 e. The van der Waals surface area contributed by atoms with Crippen molar-refractivity contribution in [3.8, 4) is 0 Å². The molecule has 3 rings (SSSR count). The lowest BCUT2D eigenvalue weighted by molar-refractivity contribution is -0.162. The number of hydrogen-bond acceptors (Lipinski definition) is 4. The molecule has 2 saturated heterocycles. The predicted molar refractivity (Wildman–Crippen MR) is 72.1 cm³/mol. The first-order chi connectivity index (χ1) is 9.84. The molecule has 2 aliphatic rings. The Morgan fingerprint density at radius 3 is 3.20 bits per heavy atom. The van der Waals surface area contributed by atoms with Crippen molar-refractivity contribution >= 4 is 5.91 Å². The number of rotatable bonds is 4. The Kier molecular flexibility index (Phi) is 4.32. The maximum absolute atomic E-state index is 12.4. The van der Waals surface area contributed by atoms with E-state index in [1.54, 1.807) is 12.5 Å². The zero-order valence-electron chi connectivity index (χ0n) is 11.6. The molecule has 0 aliphatic carbocycles. The largest absolute Gasteiger partial charge is 0.379 e. The van der Waals surface area contributed by atoms with Gasteiger partial charge in [0.2, 0.25) is 5.91 Å². The van der Waals surface area contributed by atoms with Crippen LogP contribution in [0.15, 0.2) is 18.7 Å². The summed E-state index contributed by atoms with van der Waals surface area (Å²) >= 11 is 0. The van der Waals surface area contributed by atoms with Crippen LogP contribution in [0.4, 0.5) is 0 Å². The number of morpholine rings is 1. The minimum Gasteiger partial charge on any atom is -0.379 e. The molecule has 2 aliphatic heterocycles. The second-order valence-electron chi connectivity index (χ2n) is 5.33. The lowest BCUT2D eigenvalue weighted by Crippen LogP contribution is -2.57. The first-order valence-electron chi connectivity index (χ1n) is 7.29. The summed E-state index contributed by atoms with van der Waals surface area (Å²) in [7, 11) is 0. The van der Waals surface area contributed by atoms with Crippen LogP contribution in [0.3, 0.4) is 0 Å². The molecule has 0 saturated carbocycles.